The second-order valence-corrected chi connectivity index (χ2v) is 4.82. The maximum absolute atomic E-state index is 14.1. The van der Waals surface area contributed by atoms with Gasteiger partial charge in [0.1, 0.15) is 5.67 Å². The molecule has 0 radical (unpaired) electrons. The molecule has 0 saturated carbocycles. The number of hydrogen-bond acceptors (Lipinski definition) is 1. The zero-order valence-corrected chi connectivity index (χ0v) is 9.71. The van der Waals surface area contributed by atoms with Crippen molar-refractivity contribution in [1.82, 2.24) is 5.32 Å². The van der Waals surface area contributed by atoms with Crippen LogP contribution in [0.25, 0.3) is 0 Å². The lowest BCUT2D eigenvalue weighted by atomic mass is 9.96. The normalized spacial score (nSPS) is 25.8. The molecule has 1 saturated heterocycles. The van der Waals surface area contributed by atoms with Gasteiger partial charge in [0, 0.05) is 13.0 Å². The third kappa shape index (κ3) is 2.63. The van der Waals surface area contributed by atoms with E-state index in [1.54, 1.807) is 12.1 Å². The summed E-state index contributed by atoms with van der Waals surface area (Å²) in [6, 6.07) is 5.28. The van der Waals surface area contributed by atoms with Gasteiger partial charge >= 0.3 is 0 Å². The lowest BCUT2D eigenvalue weighted by Crippen LogP contribution is -2.28. The molecule has 0 aromatic heterocycles. The van der Waals surface area contributed by atoms with Gasteiger partial charge in [-0.2, -0.15) is 0 Å². The van der Waals surface area contributed by atoms with Crippen LogP contribution in [0.5, 0.6) is 0 Å². The first-order chi connectivity index (χ1) is 7.09. The van der Waals surface area contributed by atoms with Gasteiger partial charge in [-0.3, -0.25) is 0 Å². The summed E-state index contributed by atoms with van der Waals surface area (Å²) in [7, 11) is 0. The molecular formula is C11H12Cl2FN. The summed E-state index contributed by atoms with van der Waals surface area (Å²) in [6.07, 6.45) is 0.962. The Morgan fingerprint density at radius 1 is 1.33 bits per heavy atom. The molecule has 15 heavy (non-hydrogen) atoms. The largest absolute Gasteiger partial charge is 0.313 e. The van der Waals surface area contributed by atoms with E-state index in [1.165, 1.54) is 0 Å². The number of alkyl halides is 1. The fraction of sp³-hybridized carbons (Fsp3) is 0.455. The van der Waals surface area contributed by atoms with E-state index in [0.717, 1.165) is 12.1 Å². The fourth-order valence-electron chi connectivity index (χ4n) is 1.88. The van der Waals surface area contributed by atoms with E-state index in [1.807, 2.05) is 6.07 Å². The van der Waals surface area contributed by atoms with E-state index >= 15 is 0 Å². The number of halogens is 3. The first-order valence-electron chi connectivity index (χ1n) is 4.93. The molecule has 1 heterocycles. The molecule has 0 bridgehead atoms. The van der Waals surface area contributed by atoms with Crippen molar-refractivity contribution < 1.29 is 4.39 Å². The van der Waals surface area contributed by atoms with E-state index in [-0.39, 0.29) is 0 Å². The highest BCUT2D eigenvalue weighted by molar-refractivity contribution is 6.42. The van der Waals surface area contributed by atoms with Crippen LogP contribution in [0.3, 0.4) is 0 Å². The Hall–Kier alpha value is -0.310. The van der Waals surface area contributed by atoms with Crippen molar-refractivity contribution in [3.63, 3.8) is 0 Å². The Morgan fingerprint density at radius 3 is 2.73 bits per heavy atom. The summed E-state index contributed by atoms with van der Waals surface area (Å²) < 4.78 is 14.1. The summed E-state index contributed by atoms with van der Waals surface area (Å²) >= 11 is 11.7. The average Bonchev–Trinajstić information content (AvgIpc) is 2.59. The average molecular weight is 248 g/mol. The van der Waals surface area contributed by atoms with Crippen LogP contribution in [-0.2, 0) is 6.42 Å². The Labute approximate surface area is 98.6 Å². The monoisotopic (exact) mass is 247 g/mol. The van der Waals surface area contributed by atoms with E-state index in [9.17, 15) is 4.39 Å². The number of nitrogens with one attached hydrogen (secondary N) is 1. The van der Waals surface area contributed by atoms with E-state index < -0.39 is 5.67 Å². The Morgan fingerprint density at radius 2 is 2.13 bits per heavy atom. The smallest absolute Gasteiger partial charge is 0.128 e. The highest BCUT2D eigenvalue weighted by Crippen LogP contribution is 2.28. The van der Waals surface area contributed by atoms with E-state index in [4.69, 9.17) is 23.2 Å². The quantitative estimate of drug-likeness (QED) is 0.847. The van der Waals surface area contributed by atoms with Crippen molar-refractivity contribution in [1.29, 1.82) is 0 Å². The SMILES string of the molecule is FC1(Cc2ccc(Cl)c(Cl)c2)CCNC1. The van der Waals surface area contributed by atoms with Gasteiger partial charge in [-0.25, -0.2) is 4.39 Å². The summed E-state index contributed by atoms with van der Waals surface area (Å²) in [5.41, 5.74) is -0.229. The Kier molecular flexibility index (Phi) is 3.19. The molecule has 82 valence electrons. The van der Waals surface area contributed by atoms with Gasteiger partial charge in [0.05, 0.1) is 10.0 Å². The first-order valence-corrected chi connectivity index (χ1v) is 5.68. The molecule has 0 aliphatic carbocycles. The molecule has 1 aromatic rings. The summed E-state index contributed by atoms with van der Waals surface area (Å²) in [6.45, 7) is 1.17. The van der Waals surface area contributed by atoms with Crippen molar-refractivity contribution in [3.8, 4) is 0 Å². The molecule has 0 spiro atoms. The van der Waals surface area contributed by atoms with Crippen LogP contribution >= 0.6 is 23.2 Å². The van der Waals surface area contributed by atoms with Crippen LogP contribution in [0, 0.1) is 0 Å². The third-order valence-electron chi connectivity index (χ3n) is 2.70. The standard InChI is InChI=1S/C11H12Cl2FN/c12-9-2-1-8(5-10(9)13)6-11(14)3-4-15-7-11/h1-2,5,15H,3-4,6-7H2. The number of rotatable bonds is 2. The number of benzene rings is 1. The molecule has 1 nitrogen and oxygen atoms in total. The maximum atomic E-state index is 14.1. The van der Waals surface area contributed by atoms with Crippen molar-refractivity contribution in [2.75, 3.05) is 13.1 Å². The Balaban J connectivity index is 2.13. The molecule has 1 atom stereocenters. The molecular weight excluding hydrogens is 236 g/mol. The van der Waals surface area contributed by atoms with Crippen LogP contribution in [0.2, 0.25) is 10.0 Å². The van der Waals surface area contributed by atoms with Crippen molar-refractivity contribution >= 4 is 23.2 Å². The highest BCUT2D eigenvalue weighted by atomic mass is 35.5. The van der Waals surface area contributed by atoms with Crippen LogP contribution < -0.4 is 5.32 Å². The summed E-state index contributed by atoms with van der Waals surface area (Å²) in [5.74, 6) is 0. The second-order valence-electron chi connectivity index (χ2n) is 4.00. The van der Waals surface area contributed by atoms with Crippen molar-refractivity contribution in [2.45, 2.75) is 18.5 Å². The minimum atomic E-state index is -1.13. The van der Waals surface area contributed by atoms with Gasteiger partial charge in [-0.15, -0.1) is 0 Å². The zero-order valence-electron chi connectivity index (χ0n) is 8.19. The minimum Gasteiger partial charge on any atom is -0.313 e. The van der Waals surface area contributed by atoms with Crippen molar-refractivity contribution in [2.24, 2.45) is 0 Å². The molecule has 1 unspecified atom stereocenters. The summed E-state index contributed by atoms with van der Waals surface area (Å²) in [4.78, 5) is 0. The van der Waals surface area contributed by atoms with E-state index in [0.29, 0.717) is 29.4 Å². The topological polar surface area (TPSA) is 12.0 Å². The van der Waals surface area contributed by atoms with Gasteiger partial charge in [-0.1, -0.05) is 29.3 Å². The molecule has 1 aromatic carbocycles. The lowest BCUT2D eigenvalue weighted by Gasteiger charge is -2.18. The van der Waals surface area contributed by atoms with Gasteiger partial charge in [0.25, 0.3) is 0 Å². The first kappa shape index (κ1) is 11.2. The third-order valence-corrected chi connectivity index (χ3v) is 3.44. The van der Waals surface area contributed by atoms with Gasteiger partial charge in [0.15, 0.2) is 0 Å². The molecule has 1 N–H and O–H groups in total. The fourth-order valence-corrected chi connectivity index (χ4v) is 2.20. The predicted octanol–water partition coefficient (Wildman–Crippen LogP) is 3.24. The van der Waals surface area contributed by atoms with Gasteiger partial charge < -0.3 is 5.32 Å². The van der Waals surface area contributed by atoms with Crippen LogP contribution in [-0.4, -0.2) is 18.8 Å². The second kappa shape index (κ2) is 4.28. The highest BCUT2D eigenvalue weighted by Gasteiger charge is 2.33. The van der Waals surface area contributed by atoms with Crippen LogP contribution in [0.15, 0.2) is 18.2 Å². The molecule has 2 rings (SSSR count). The maximum Gasteiger partial charge on any atom is 0.128 e. The van der Waals surface area contributed by atoms with Crippen molar-refractivity contribution in [3.05, 3.63) is 33.8 Å². The van der Waals surface area contributed by atoms with E-state index in [2.05, 4.69) is 5.32 Å². The number of hydrogen-bond donors (Lipinski definition) is 1. The molecule has 1 fully saturated rings. The molecule has 1 aliphatic rings. The predicted molar refractivity (Wildman–Crippen MR) is 61.5 cm³/mol. The molecule has 4 heteroatoms. The van der Waals surface area contributed by atoms with Crippen LogP contribution in [0.1, 0.15) is 12.0 Å². The molecule has 0 amide bonds. The molecule has 1 aliphatic heterocycles. The van der Waals surface area contributed by atoms with Gasteiger partial charge in [-0.05, 0) is 30.7 Å². The zero-order chi connectivity index (χ0) is 10.9. The van der Waals surface area contributed by atoms with Gasteiger partial charge in [0.2, 0.25) is 0 Å². The lowest BCUT2D eigenvalue weighted by molar-refractivity contribution is 0.190. The Bertz CT molecular complexity index is 362. The van der Waals surface area contributed by atoms with Crippen LogP contribution in [0.4, 0.5) is 4.39 Å². The summed E-state index contributed by atoms with van der Waals surface area (Å²) in [5, 5.41) is 4.03. The minimum absolute atomic E-state index is 0.400.